The molecule has 2 rings (SSSR count). The quantitative estimate of drug-likeness (QED) is 0.841. The third kappa shape index (κ3) is 4.18. The van der Waals surface area contributed by atoms with Gasteiger partial charge in [0.15, 0.2) is 11.6 Å². The zero-order valence-electron chi connectivity index (χ0n) is 12.2. The number of phenolic OH excluding ortho intramolecular Hbond substituents is 1. The number of hydrogen-bond acceptors (Lipinski definition) is 3. The molecule has 0 bridgehead atoms. The summed E-state index contributed by atoms with van der Waals surface area (Å²) in [6, 6.07) is 5.15. The van der Waals surface area contributed by atoms with E-state index in [0.717, 1.165) is 25.9 Å². The predicted molar refractivity (Wildman–Crippen MR) is 79.3 cm³/mol. The van der Waals surface area contributed by atoms with Crippen LogP contribution in [0.3, 0.4) is 0 Å². The summed E-state index contributed by atoms with van der Waals surface area (Å²) in [4.78, 5) is 2.52. The van der Waals surface area contributed by atoms with Gasteiger partial charge < -0.3 is 15.3 Å². The Bertz CT molecular complexity index is 417. The average Bonchev–Trinajstić information content (AvgIpc) is 2.48. The van der Waals surface area contributed by atoms with Crippen molar-refractivity contribution in [2.24, 2.45) is 0 Å². The van der Waals surface area contributed by atoms with Gasteiger partial charge in [-0.15, -0.1) is 0 Å². The van der Waals surface area contributed by atoms with Crippen LogP contribution in [0.5, 0.6) is 5.75 Å². The van der Waals surface area contributed by atoms with Crippen molar-refractivity contribution < 1.29 is 9.50 Å². The lowest BCUT2D eigenvalue weighted by Gasteiger charge is -2.32. The molecule has 0 spiro atoms. The standard InChI is InChI=1S/C16H25FN2O/c1-2-3-9-19-10-7-14(8-11-19)18-12-13-5-4-6-15(17)16(13)20/h4-6,14,18,20H,2-3,7-12H2,1H3. The molecule has 1 saturated heterocycles. The van der Waals surface area contributed by atoms with Crippen molar-refractivity contribution >= 4 is 0 Å². The molecule has 0 radical (unpaired) electrons. The van der Waals surface area contributed by atoms with Gasteiger partial charge in [0.1, 0.15) is 0 Å². The summed E-state index contributed by atoms with van der Waals surface area (Å²) in [6.45, 7) is 6.22. The van der Waals surface area contributed by atoms with Gasteiger partial charge in [-0.25, -0.2) is 4.39 Å². The lowest BCUT2D eigenvalue weighted by atomic mass is 10.0. The van der Waals surface area contributed by atoms with Gasteiger partial charge in [0, 0.05) is 18.2 Å². The topological polar surface area (TPSA) is 35.5 Å². The van der Waals surface area contributed by atoms with Gasteiger partial charge in [0.2, 0.25) is 0 Å². The van der Waals surface area contributed by atoms with Gasteiger partial charge in [-0.1, -0.05) is 25.5 Å². The highest BCUT2D eigenvalue weighted by atomic mass is 19.1. The second-order valence-electron chi connectivity index (χ2n) is 5.60. The van der Waals surface area contributed by atoms with Crippen molar-refractivity contribution in [1.82, 2.24) is 10.2 Å². The minimum Gasteiger partial charge on any atom is -0.505 e. The first-order chi connectivity index (χ1) is 9.70. The summed E-state index contributed by atoms with van der Waals surface area (Å²) in [6.07, 6.45) is 4.77. The molecule has 0 unspecified atom stereocenters. The second kappa shape index (κ2) is 7.60. The third-order valence-corrected chi connectivity index (χ3v) is 4.07. The molecule has 0 aromatic heterocycles. The first-order valence-corrected chi connectivity index (χ1v) is 7.62. The van der Waals surface area contributed by atoms with Crippen LogP contribution in [0.4, 0.5) is 4.39 Å². The summed E-state index contributed by atoms with van der Waals surface area (Å²) in [7, 11) is 0. The molecular formula is C16H25FN2O. The lowest BCUT2D eigenvalue weighted by molar-refractivity contribution is 0.194. The maximum atomic E-state index is 13.2. The average molecular weight is 280 g/mol. The smallest absolute Gasteiger partial charge is 0.165 e. The fourth-order valence-electron chi connectivity index (χ4n) is 2.70. The molecule has 3 nitrogen and oxygen atoms in total. The minimum absolute atomic E-state index is 0.222. The number of phenols is 1. The lowest BCUT2D eigenvalue weighted by Crippen LogP contribution is -2.42. The van der Waals surface area contributed by atoms with Crippen molar-refractivity contribution in [3.8, 4) is 5.75 Å². The fraction of sp³-hybridized carbons (Fsp3) is 0.625. The van der Waals surface area contributed by atoms with Crippen LogP contribution in [-0.2, 0) is 6.54 Å². The number of rotatable bonds is 6. The molecule has 20 heavy (non-hydrogen) atoms. The number of aromatic hydroxyl groups is 1. The Balaban J connectivity index is 1.74. The van der Waals surface area contributed by atoms with Crippen LogP contribution in [-0.4, -0.2) is 35.7 Å². The molecule has 1 aromatic rings. The molecule has 112 valence electrons. The van der Waals surface area contributed by atoms with Gasteiger partial charge in [-0.2, -0.15) is 0 Å². The van der Waals surface area contributed by atoms with Crippen LogP contribution in [0.2, 0.25) is 0 Å². The maximum Gasteiger partial charge on any atom is 0.165 e. The summed E-state index contributed by atoms with van der Waals surface area (Å²) in [5, 5.41) is 13.1. The van der Waals surface area contributed by atoms with E-state index in [4.69, 9.17) is 0 Å². The molecule has 0 atom stereocenters. The van der Waals surface area contributed by atoms with Crippen LogP contribution in [0.1, 0.15) is 38.2 Å². The van der Waals surface area contributed by atoms with Crippen LogP contribution < -0.4 is 5.32 Å². The third-order valence-electron chi connectivity index (χ3n) is 4.07. The van der Waals surface area contributed by atoms with E-state index in [0.29, 0.717) is 18.2 Å². The van der Waals surface area contributed by atoms with E-state index in [1.807, 2.05) is 0 Å². The second-order valence-corrected chi connectivity index (χ2v) is 5.60. The van der Waals surface area contributed by atoms with Gasteiger partial charge in [0.25, 0.3) is 0 Å². The predicted octanol–water partition coefficient (Wildman–Crippen LogP) is 2.89. The maximum absolute atomic E-state index is 13.2. The molecule has 1 fully saturated rings. The molecular weight excluding hydrogens is 255 g/mol. The van der Waals surface area contributed by atoms with E-state index in [1.165, 1.54) is 25.5 Å². The highest BCUT2D eigenvalue weighted by Gasteiger charge is 2.18. The molecule has 0 aliphatic carbocycles. The monoisotopic (exact) mass is 280 g/mol. The van der Waals surface area contributed by atoms with Gasteiger partial charge in [-0.3, -0.25) is 0 Å². The number of para-hydroxylation sites is 1. The van der Waals surface area contributed by atoms with Crippen molar-refractivity contribution in [2.45, 2.75) is 45.2 Å². The van der Waals surface area contributed by atoms with E-state index < -0.39 is 5.82 Å². The van der Waals surface area contributed by atoms with E-state index in [-0.39, 0.29) is 5.75 Å². The highest BCUT2D eigenvalue weighted by Crippen LogP contribution is 2.21. The van der Waals surface area contributed by atoms with Crippen molar-refractivity contribution in [3.05, 3.63) is 29.6 Å². The number of halogens is 1. The molecule has 1 aromatic carbocycles. The van der Waals surface area contributed by atoms with E-state index >= 15 is 0 Å². The minimum atomic E-state index is -0.543. The number of unbranched alkanes of at least 4 members (excludes halogenated alkanes) is 1. The van der Waals surface area contributed by atoms with Gasteiger partial charge >= 0.3 is 0 Å². The summed E-state index contributed by atoms with van der Waals surface area (Å²) in [5.74, 6) is -0.765. The Kier molecular flexibility index (Phi) is 5.80. The molecule has 1 aliphatic rings. The SMILES string of the molecule is CCCCN1CCC(NCc2cccc(F)c2O)CC1. The highest BCUT2D eigenvalue weighted by molar-refractivity contribution is 5.33. The Morgan fingerprint density at radius 1 is 1.35 bits per heavy atom. The zero-order valence-corrected chi connectivity index (χ0v) is 12.2. The summed E-state index contributed by atoms with van der Waals surface area (Å²) in [5.41, 5.74) is 0.637. The molecule has 4 heteroatoms. The molecule has 1 aliphatic heterocycles. The van der Waals surface area contributed by atoms with Gasteiger partial charge in [-0.05, 0) is 45.0 Å². The number of piperidine rings is 1. The van der Waals surface area contributed by atoms with Crippen LogP contribution in [0, 0.1) is 5.82 Å². The fourth-order valence-corrected chi connectivity index (χ4v) is 2.70. The molecule has 0 amide bonds. The van der Waals surface area contributed by atoms with Crippen LogP contribution in [0.15, 0.2) is 18.2 Å². The molecule has 2 N–H and O–H groups in total. The first kappa shape index (κ1) is 15.3. The Morgan fingerprint density at radius 3 is 2.80 bits per heavy atom. The summed E-state index contributed by atoms with van der Waals surface area (Å²) < 4.78 is 13.2. The van der Waals surface area contributed by atoms with E-state index in [9.17, 15) is 9.50 Å². The van der Waals surface area contributed by atoms with Crippen LogP contribution in [0.25, 0.3) is 0 Å². The van der Waals surface area contributed by atoms with E-state index in [2.05, 4.69) is 17.1 Å². The molecule has 0 saturated carbocycles. The number of benzene rings is 1. The number of hydrogen-bond donors (Lipinski definition) is 2. The first-order valence-electron chi connectivity index (χ1n) is 7.62. The Labute approximate surface area is 120 Å². The van der Waals surface area contributed by atoms with Gasteiger partial charge in [0.05, 0.1) is 0 Å². The zero-order chi connectivity index (χ0) is 14.4. The number of likely N-dealkylation sites (tertiary alicyclic amines) is 1. The Morgan fingerprint density at radius 2 is 2.10 bits per heavy atom. The van der Waals surface area contributed by atoms with Crippen molar-refractivity contribution in [1.29, 1.82) is 0 Å². The summed E-state index contributed by atoms with van der Waals surface area (Å²) >= 11 is 0. The number of nitrogens with zero attached hydrogens (tertiary/aromatic N) is 1. The molecule has 1 heterocycles. The van der Waals surface area contributed by atoms with Crippen molar-refractivity contribution in [2.75, 3.05) is 19.6 Å². The Hall–Kier alpha value is -1.13. The largest absolute Gasteiger partial charge is 0.505 e. The van der Waals surface area contributed by atoms with Crippen LogP contribution >= 0.6 is 0 Å². The van der Waals surface area contributed by atoms with E-state index in [1.54, 1.807) is 12.1 Å². The number of nitrogens with one attached hydrogen (secondary N) is 1. The van der Waals surface area contributed by atoms with Crippen molar-refractivity contribution in [3.63, 3.8) is 0 Å². The normalized spacial score (nSPS) is 17.5.